The van der Waals surface area contributed by atoms with Crippen molar-refractivity contribution in [2.45, 2.75) is 38.6 Å². The summed E-state index contributed by atoms with van der Waals surface area (Å²) in [7, 11) is -1.55. The van der Waals surface area contributed by atoms with Gasteiger partial charge in [-0.05, 0) is 55.6 Å². The monoisotopic (exact) mass is 681 g/mol. The number of unbranched alkanes of at least 4 members (excludes halogenated alkanes) is 3. The van der Waals surface area contributed by atoms with E-state index < -0.39 is 7.12 Å². The molecular weight excluding hydrogens is 637 g/mol. The average molecular weight is 682 g/mol. The molecule has 0 saturated carbocycles. The van der Waals surface area contributed by atoms with Crippen molar-refractivity contribution in [1.82, 2.24) is 25.4 Å². The lowest BCUT2D eigenvalue weighted by atomic mass is 9.80. The largest absolute Gasteiger partial charge is 0.488 e. The first-order valence-electron chi connectivity index (χ1n) is 17.0. The van der Waals surface area contributed by atoms with Crippen molar-refractivity contribution in [2.75, 3.05) is 49.9 Å². The maximum absolute atomic E-state index is 13.4. The van der Waals surface area contributed by atoms with Gasteiger partial charge in [-0.25, -0.2) is 9.59 Å². The first-order chi connectivity index (χ1) is 24.2. The molecule has 1 fully saturated rings. The lowest BCUT2D eigenvalue weighted by Crippen LogP contribution is -2.54. The van der Waals surface area contributed by atoms with Gasteiger partial charge in [-0.1, -0.05) is 55.3 Å². The van der Waals surface area contributed by atoms with Gasteiger partial charge in [-0.2, -0.15) is 0 Å². The number of nitrogens with zero attached hydrogens (tertiary/aromatic N) is 2. The van der Waals surface area contributed by atoms with E-state index in [0.29, 0.717) is 66.2 Å². The van der Waals surface area contributed by atoms with E-state index in [0.717, 1.165) is 31.1 Å². The number of amides is 5. The summed E-state index contributed by atoms with van der Waals surface area (Å²) in [5.41, 5.74) is 3.37. The molecule has 14 heteroatoms. The quantitative estimate of drug-likeness (QED) is 0.0606. The number of ketones is 1. The third-order valence-corrected chi connectivity index (χ3v) is 8.83. The number of piperazine rings is 1. The second kappa shape index (κ2) is 17.5. The number of anilines is 2. The van der Waals surface area contributed by atoms with Gasteiger partial charge in [0.05, 0.1) is 17.7 Å². The molecule has 1 aliphatic heterocycles. The highest BCUT2D eigenvalue weighted by molar-refractivity contribution is 6.58. The van der Waals surface area contributed by atoms with Gasteiger partial charge in [0.15, 0.2) is 5.78 Å². The molecule has 3 aromatic carbocycles. The number of benzene rings is 3. The predicted molar refractivity (Wildman–Crippen MR) is 195 cm³/mol. The zero-order valence-electron chi connectivity index (χ0n) is 28.2. The van der Waals surface area contributed by atoms with Crippen molar-refractivity contribution in [2.24, 2.45) is 0 Å². The number of urea groups is 2. The summed E-state index contributed by atoms with van der Waals surface area (Å²) in [5, 5.41) is 30.3. The van der Waals surface area contributed by atoms with Gasteiger partial charge in [0.2, 0.25) is 0 Å². The molecule has 7 N–H and O–H groups in total. The number of hydrogen-bond donors (Lipinski definition) is 7. The first kappa shape index (κ1) is 36.1. The maximum atomic E-state index is 13.4. The molecule has 262 valence electrons. The molecule has 13 nitrogen and oxygen atoms in total. The molecule has 50 heavy (non-hydrogen) atoms. The highest BCUT2D eigenvalue weighted by Gasteiger charge is 2.29. The summed E-state index contributed by atoms with van der Waals surface area (Å²) >= 11 is 0. The van der Waals surface area contributed by atoms with Crippen molar-refractivity contribution in [3.05, 3.63) is 90.1 Å². The fraction of sp³-hybridized carbons (Fsp3) is 0.333. The summed E-state index contributed by atoms with van der Waals surface area (Å²) in [6.45, 7) is 4.96. The molecule has 1 saturated heterocycles. The number of aromatic nitrogens is 1. The zero-order chi connectivity index (χ0) is 35.5. The van der Waals surface area contributed by atoms with Crippen molar-refractivity contribution < 1.29 is 29.2 Å². The number of rotatable bonds is 14. The Morgan fingerprint density at radius 2 is 1.50 bits per heavy atom. The van der Waals surface area contributed by atoms with Gasteiger partial charge in [0.25, 0.3) is 5.91 Å². The summed E-state index contributed by atoms with van der Waals surface area (Å²) in [4.78, 5) is 58.2. The van der Waals surface area contributed by atoms with Gasteiger partial charge < -0.3 is 41.2 Å². The van der Waals surface area contributed by atoms with E-state index in [1.165, 1.54) is 12.1 Å². The number of fused-ring (bicyclic) bond motifs is 1. The second-order valence-corrected chi connectivity index (χ2v) is 12.5. The predicted octanol–water partition coefficient (Wildman–Crippen LogP) is 3.38. The van der Waals surface area contributed by atoms with Crippen molar-refractivity contribution in [3.8, 4) is 0 Å². The number of nitrogens with one attached hydrogen (secondary N) is 5. The SMILES string of the molecule is CC1CN(C(=O)c2ccccc2)CCN1CC(=O)c1c[nH]c2c(NC(=O)NCCCCCCNC(=O)Nc3ccc(B(O)O)cc3)cccc12. The molecule has 4 aromatic rings. The number of Topliss-reactive ketones (excluding diaryl/α,β-unsaturated/α-hetero) is 1. The van der Waals surface area contributed by atoms with Crippen LogP contribution in [-0.2, 0) is 0 Å². The summed E-state index contributed by atoms with van der Waals surface area (Å²) in [5.74, 6) is -0.0256. The van der Waals surface area contributed by atoms with E-state index in [-0.39, 0.29) is 36.3 Å². The second-order valence-electron chi connectivity index (χ2n) is 12.5. The molecule has 0 bridgehead atoms. The third kappa shape index (κ3) is 9.71. The Morgan fingerprint density at radius 3 is 2.16 bits per heavy atom. The minimum atomic E-state index is -1.55. The van der Waals surface area contributed by atoms with Gasteiger partial charge in [-0.15, -0.1) is 0 Å². The van der Waals surface area contributed by atoms with Crippen LogP contribution in [0.25, 0.3) is 10.9 Å². The van der Waals surface area contributed by atoms with Gasteiger partial charge in [-0.3, -0.25) is 14.5 Å². The first-order valence-corrected chi connectivity index (χ1v) is 17.0. The number of H-pyrrole nitrogens is 1. The van der Waals surface area contributed by atoms with Crippen molar-refractivity contribution in [1.29, 1.82) is 0 Å². The third-order valence-electron chi connectivity index (χ3n) is 8.83. The van der Waals surface area contributed by atoms with E-state index in [1.54, 1.807) is 24.4 Å². The Hall–Kier alpha value is -5.18. The minimum Gasteiger partial charge on any atom is -0.423 e. The van der Waals surface area contributed by atoms with Gasteiger partial charge in [0.1, 0.15) is 0 Å². The van der Waals surface area contributed by atoms with Gasteiger partial charge in [0, 0.05) is 67.2 Å². The van der Waals surface area contributed by atoms with Crippen LogP contribution in [0.1, 0.15) is 53.3 Å². The van der Waals surface area contributed by atoms with Crippen LogP contribution in [0.2, 0.25) is 0 Å². The lowest BCUT2D eigenvalue weighted by Gasteiger charge is -2.39. The molecule has 1 aromatic heterocycles. The molecule has 1 atom stereocenters. The number of carbonyl (C=O) groups is 4. The van der Waals surface area contributed by atoms with Crippen LogP contribution in [0, 0.1) is 0 Å². The maximum Gasteiger partial charge on any atom is 0.488 e. The van der Waals surface area contributed by atoms with Crippen LogP contribution < -0.4 is 26.7 Å². The smallest absolute Gasteiger partial charge is 0.423 e. The van der Waals surface area contributed by atoms with Crippen LogP contribution >= 0.6 is 0 Å². The Labute approximate surface area is 291 Å². The fourth-order valence-electron chi connectivity index (χ4n) is 6.02. The van der Waals surface area contributed by atoms with Crippen molar-refractivity contribution >= 4 is 58.6 Å². The number of hydrogen-bond acceptors (Lipinski definition) is 7. The van der Waals surface area contributed by atoms with Crippen LogP contribution in [0.4, 0.5) is 21.0 Å². The van der Waals surface area contributed by atoms with Crippen LogP contribution in [0.3, 0.4) is 0 Å². The average Bonchev–Trinajstić information content (AvgIpc) is 3.56. The molecule has 5 amide bonds. The topological polar surface area (TPSA) is 179 Å². The normalized spacial score (nSPS) is 14.6. The van der Waals surface area contributed by atoms with E-state index in [4.69, 9.17) is 10.0 Å². The molecule has 0 radical (unpaired) electrons. The molecule has 1 unspecified atom stereocenters. The highest BCUT2D eigenvalue weighted by atomic mass is 16.4. The molecular formula is C36H44BN7O6. The van der Waals surface area contributed by atoms with E-state index in [1.807, 2.05) is 54.3 Å². The Kier molecular flexibility index (Phi) is 12.6. The molecule has 0 spiro atoms. The van der Waals surface area contributed by atoms with Crippen LogP contribution in [-0.4, -0.2) is 101 Å². The summed E-state index contributed by atoms with van der Waals surface area (Å²) in [6.07, 6.45) is 5.01. The Morgan fingerprint density at radius 1 is 0.820 bits per heavy atom. The Bertz CT molecular complexity index is 1770. The molecule has 5 rings (SSSR count). The number of aromatic amines is 1. The minimum absolute atomic E-state index is 0.00362. The van der Waals surface area contributed by atoms with Crippen molar-refractivity contribution in [3.63, 3.8) is 0 Å². The summed E-state index contributed by atoms with van der Waals surface area (Å²) < 4.78 is 0. The van der Waals surface area contributed by atoms with Crippen LogP contribution in [0.5, 0.6) is 0 Å². The molecule has 1 aliphatic rings. The van der Waals surface area contributed by atoms with E-state index in [9.17, 15) is 19.2 Å². The number of para-hydroxylation sites is 1. The molecule has 2 heterocycles. The highest BCUT2D eigenvalue weighted by Crippen LogP contribution is 2.26. The van der Waals surface area contributed by atoms with Gasteiger partial charge >= 0.3 is 19.2 Å². The summed E-state index contributed by atoms with van der Waals surface area (Å²) in [6, 6.07) is 20.3. The number of carbonyl (C=O) groups excluding carboxylic acids is 4. The fourth-order valence-corrected chi connectivity index (χ4v) is 6.02. The Balaban J connectivity index is 0.995. The zero-order valence-corrected chi connectivity index (χ0v) is 28.2. The van der Waals surface area contributed by atoms with E-state index >= 15 is 0 Å². The lowest BCUT2D eigenvalue weighted by molar-refractivity contribution is 0.0502. The van der Waals surface area contributed by atoms with Crippen LogP contribution in [0.15, 0.2) is 79.0 Å². The van der Waals surface area contributed by atoms with E-state index in [2.05, 4.69) is 31.2 Å². The standard InChI is InChI=1S/C36H44BN7O6/c1-25-23-44(34(46)26-10-5-4-6-11-26)21-20-43(25)24-32(45)30-22-40-33-29(30)12-9-13-31(33)42-36(48)39-19-8-3-2-7-18-38-35(47)41-28-16-14-27(15-17-28)37(49)50/h4-6,9-17,22,25,40,49-50H,2-3,7-8,18-21,23-24H2,1H3,(H2,38,41,47)(H2,39,42,48). The molecule has 0 aliphatic carbocycles.